The molecule has 0 heterocycles. The third-order valence-electron chi connectivity index (χ3n) is 1.67. The highest BCUT2D eigenvalue weighted by molar-refractivity contribution is 4.76. The summed E-state index contributed by atoms with van der Waals surface area (Å²) in [6.45, 7) is 2.12. The molecule has 1 aliphatic carbocycles. The predicted molar refractivity (Wildman–Crippen MR) is 34.1 cm³/mol. The summed E-state index contributed by atoms with van der Waals surface area (Å²) in [5.74, 6) is 6.19. The lowest BCUT2D eigenvalue weighted by Crippen LogP contribution is -2.32. The Kier molecular flexibility index (Phi) is 1.86. The fraction of sp³-hybridized carbons (Fsp3) is 1.00. The van der Waals surface area contributed by atoms with E-state index in [1.165, 1.54) is 19.3 Å². The highest BCUT2D eigenvalue weighted by Gasteiger charge is 2.22. The molecule has 0 aromatic rings. The zero-order valence-corrected chi connectivity index (χ0v) is 5.35. The van der Waals surface area contributed by atoms with Gasteiger partial charge in [0, 0.05) is 6.04 Å². The minimum atomic E-state index is 0.516. The second-order valence-corrected chi connectivity index (χ2v) is 2.75. The van der Waals surface area contributed by atoms with Crippen LogP contribution in [0.15, 0.2) is 0 Å². The molecule has 0 aromatic heterocycles. The van der Waals surface area contributed by atoms with Crippen molar-refractivity contribution in [2.24, 2.45) is 11.8 Å². The van der Waals surface area contributed by atoms with Crippen LogP contribution in [0.3, 0.4) is 0 Å². The summed E-state index contributed by atoms with van der Waals surface area (Å²) in [7, 11) is 0. The molecule has 0 bridgehead atoms. The number of hydrazine groups is 1. The van der Waals surface area contributed by atoms with Crippen molar-refractivity contribution >= 4 is 0 Å². The van der Waals surface area contributed by atoms with Crippen LogP contribution in [0.5, 0.6) is 0 Å². The van der Waals surface area contributed by atoms with Crippen LogP contribution in [0.2, 0.25) is 0 Å². The topological polar surface area (TPSA) is 38.0 Å². The lowest BCUT2D eigenvalue weighted by molar-refractivity contribution is 0.502. The summed E-state index contributed by atoms with van der Waals surface area (Å²) >= 11 is 0. The summed E-state index contributed by atoms with van der Waals surface area (Å²) in [5.41, 5.74) is 2.74. The molecule has 0 aromatic carbocycles. The fourth-order valence-electron chi connectivity index (χ4n) is 0.922. The van der Waals surface area contributed by atoms with E-state index in [0.29, 0.717) is 6.04 Å². The molecule has 1 aliphatic rings. The quantitative estimate of drug-likeness (QED) is 0.417. The van der Waals surface area contributed by atoms with E-state index in [2.05, 4.69) is 12.3 Å². The van der Waals surface area contributed by atoms with Crippen molar-refractivity contribution in [2.45, 2.75) is 32.2 Å². The van der Waals surface area contributed by atoms with Crippen LogP contribution >= 0.6 is 0 Å². The van der Waals surface area contributed by atoms with Crippen LogP contribution < -0.4 is 11.3 Å². The third kappa shape index (κ3) is 1.80. The van der Waals surface area contributed by atoms with Crippen molar-refractivity contribution in [3.8, 4) is 0 Å². The molecule has 1 atom stereocenters. The Balaban J connectivity index is 1.98. The molecule has 8 heavy (non-hydrogen) atoms. The van der Waals surface area contributed by atoms with Gasteiger partial charge in [-0.2, -0.15) is 0 Å². The summed E-state index contributed by atoms with van der Waals surface area (Å²) in [5, 5.41) is 0. The molecule has 1 fully saturated rings. The molecule has 3 N–H and O–H groups in total. The van der Waals surface area contributed by atoms with Crippen LogP contribution in [0.4, 0.5) is 0 Å². The van der Waals surface area contributed by atoms with Gasteiger partial charge in [0.15, 0.2) is 0 Å². The van der Waals surface area contributed by atoms with Gasteiger partial charge < -0.3 is 0 Å². The minimum absolute atomic E-state index is 0.516. The average Bonchev–Trinajstić information content (AvgIpc) is 2.50. The summed E-state index contributed by atoms with van der Waals surface area (Å²) in [4.78, 5) is 0. The van der Waals surface area contributed by atoms with Gasteiger partial charge in [0.2, 0.25) is 0 Å². The van der Waals surface area contributed by atoms with Gasteiger partial charge >= 0.3 is 0 Å². The molecule has 1 unspecified atom stereocenters. The predicted octanol–water partition coefficient (Wildman–Crippen LogP) is 0.638. The highest BCUT2D eigenvalue weighted by atomic mass is 15.2. The largest absolute Gasteiger partial charge is 0.271 e. The van der Waals surface area contributed by atoms with Crippen LogP contribution in [0.25, 0.3) is 0 Å². The maximum absolute atomic E-state index is 5.20. The fourth-order valence-corrected chi connectivity index (χ4v) is 0.922. The first-order chi connectivity index (χ1) is 3.83. The number of nitrogens with two attached hydrogens (primary N) is 1. The molecular formula is C6H14N2. The average molecular weight is 114 g/mol. The van der Waals surface area contributed by atoms with Crippen molar-refractivity contribution in [3.63, 3.8) is 0 Å². The van der Waals surface area contributed by atoms with Gasteiger partial charge in [-0.3, -0.25) is 11.3 Å². The zero-order chi connectivity index (χ0) is 5.98. The van der Waals surface area contributed by atoms with Crippen molar-refractivity contribution in [1.29, 1.82) is 0 Å². The molecule has 48 valence electrons. The van der Waals surface area contributed by atoms with Crippen LogP contribution in [0, 0.1) is 5.92 Å². The Hall–Kier alpha value is -0.0800. The lowest BCUT2D eigenvalue weighted by atomic mass is 10.2. The second kappa shape index (κ2) is 2.46. The van der Waals surface area contributed by atoms with E-state index in [-0.39, 0.29) is 0 Å². The van der Waals surface area contributed by atoms with E-state index < -0.39 is 0 Å². The Morgan fingerprint density at radius 3 is 2.75 bits per heavy atom. The SMILES string of the molecule is CC(CC1CC1)NN. The van der Waals surface area contributed by atoms with Gasteiger partial charge in [0.1, 0.15) is 0 Å². The molecule has 0 amide bonds. The first kappa shape index (κ1) is 6.05. The number of hydrogen-bond acceptors (Lipinski definition) is 2. The van der Waals surface area contributed by atoms with Crippen LogP contribution in [-0.2, 0) is 0 Å². The molecular weight excluding hydrogens is 100 g/mol. The van der Waals surface area contributed by atoms with E-state index in [0.717, 1.165) is 5.92 Å². The summed E-state index contributed by atoms with van der Waals surface area (Å²) in [6.07, 6.45) is 4.11. The van der Waals surface area contributed by atoms with E-state index in [9.17, 15) is 0 Å². The molecule has 1 rings (SSSR count). The zero-order valence-electron chi connectivity index (χ0n) is 5.35. The Bertz CT molecular complexity index is 68.9. The van der Waals surface area contributed by atoms with Gasteiger partial charge in [-0.15, -0.1) is 0 Å². The molecule has 1 saturated carbocycles. The Labute approximate surface area is 50.4 Å². The summed E-state index contributed by atoms with van der Waals surface area (Å²) < 4.78 is 0. The van der Waals surface area contributed by atoms with Gasteiger partial charge in [-0.1, -0.05) is 12.8 Å². The van der Waals surface area contributed by atoms with Crippen molar-refractivity contribution in [2.75, 3.05) is 0 Å². The maximum atomic E-state index is 5.20. The third-order valence-corrected chi connectivity index (χ3v) is 1.67. The van der Waals surface area contributed by atoms with E-state index in [4.69, 9.17) is 5.84 Å². The van der Waals surface area contributed by atoms with Gasteiger partial charge in [0.25, 0.3) is 0 Å². The van der Waals surface area contributed by atoms with Gasteiger partial charge in [0.05, 0.1) is 0 Å². The highest BCUT2D eigenvalue weighted by Crippen LogP contribution is 2.33. The Morgan fingerprint density at radius 2 is 2.38 bits per heavy atom. The monoisotopic (exact) mass is 114 g/mol. The van der Waals surface area contributed by atoms with E-state index >= 15 is 0 Å². The van der Waals surface area contributed by atoms with Crippen molar-refractivity contribution in [3.05, 3.63) is 0 Å². The molecule has 0 aliphatic heterocycles. The van der Waals surface area contributed by atoms with Gasteiger partial charge in [-0.05, 0) is 19.3 Å². The van der Waals surface area contributed by atoms with Crippen LogP contribution in [-0.4, -0.2) is 6.04 Å². The first-order valence-corrected chi connectivity index (χ1v) is 3.29. The van der Waals surface area contributed by atoms with Crippen LogP contribution in [0.1, 0.15) is 26.2 Å². The van der Waals surface area contributed by atoms with Gasteiger partial charge in [-0.25, -0.2) is 0 Å². The normalized spacial score (nSPS) is 23.2. The minimum Gasteiger partial charge on any atom is -0.271 e. The Morgan fingerprint density at radius 1 is 1.75 bits per heavy atom. The molecule has 0 radical (unpaired) electrons. The first-order valence-electron chi connectivity index (χ1n) is 3.29. The number of hydrogen-bond donors (Lipinski definition) is 2. The molecule has 0 saturated heterocycles. The molecule has 2 heteroatoms. The van der Waals surface area contributed by atoms with E-state index in [1.54, 1.807) is 0 Å². The van der Waals surface area contributed by atoms with Crippen molar-refractivity contribution < 1.29 is 0 Å². The standard InChI is InChI=1S/C6H14N2/c1-5(8-7)4-6-2-3-6/h5-6,8H,2-4,7H2,1H3. The number of rotatable bonds is 3. The number of nitrogens with one attached hydrogen (secondary N) is 1. The summed E-state index contributed by atoms with van der Waals surface area (Å²) in [6, 6.07) is 0.516. The molecule has 0 spiro atoms. The smallest absolute Gasteiger partial charge is 0.0184 e. The second-order valence-electron chi connectivity index (χ2n) is 2.75. The van der Waals surface area contributed by atoms with E-state index in [1.807, 2.05) is 0 Å². The van der Waals surface area contributed by atoms with Crippen molar-refractivity contribution in [1.82, 2.24) is 5.43 Å². The lowest BCUT2D eigenvalue weighted by Gasteiger charge is -2.06. The maximum Gasteiger partial charge on any atom is 0.0184 e. The molecule has 2 nitrogen and oxygen atoms in total.